The van der Waals surface area contributed by atoms with Gasteiger partial charge in [0.1, 0.15) is 5.69 Å². The zero-order chi connectivity index (χ0) is 21.7. The quantitative estimate of drug-likeness (QED) is 0.483. The smallest absolute Gasteiger partial charge is 0.269 e. The predicted molar refractivity (Wildman–Crippen MR) is 109 cm³/mol. The molecule has 0 aliphatic rings. The van der Waals surface area contributed by atoms with Crippen LogP contribution in [-0.4, -0.2) is 15.9 Å². The molecular weight excluding hydrogens is 438 g/mol. The largest absolute Gasteiger partial charge is 0.433 e. The number of hydrogen-bond donors (Lipinski definition) is 1. The minimum atomic E-state index is -4.53. The molecule has 30 heavy (non-hydrogen) atoms. The fraction of sp³-hybridized carbons (Fsp3) is 0.143. The average Bonchev–Trinajstić information content (AvgIpc) is 2.73. The molecule has 0 spiro atoms. The standard InChI is InChI=1S/C21H16Cl2F3N3O/c22-17-8-4-7-16(19(17)23)12-28-29(20(30)15-5-2-1-3-6-15)13-14-9-10-18(27-11-14)21(24,25)26/h1-11,28H,12-13H2. The summed E-state index contributed by atoms with van der Waals surface area (Å²) in [5.74, 6) is -0.353. The third-order valence-corrected chi connectivity index (χ3v) is 5.07. The second-order valence-electron chi connectivity index (χ2n) is 6.35. The Bertz CT molecular complexity index is 1010. The van der Waals surface area contributed by atoms with Gasteiger partial charge in [0, 0.05) is 18.3 Å². The Kier molecular flexibility index (Phi) is 6.97. The first-order valence-corrected chi connectivity index (χ1v) is 9.56. The van der Waals surface area contributed by atoms with Crippen LogP contribution in [0.25, 0.3) is 0 Å². The zero-order valence-corrected chi connectivity index (χ0v) is 17.0. The Morgan fingerprint density at radius 3 is 2.37 bits per heavy atom. The molecule has 1 N–H and O–H groups in total. The summed E-state index contributed by atoms with van der Waals surface area (Å²) in [5, 5.41) is 2.04. The lowest BCUT2D eigenvalue weighted by atomic mass is 10.2. The van der Waals surface area contributed by atoms with Crippen LogP contribution in [0.3, 0.4) is 0 Å². The highest BCUT2D eigenvalue weighted by molar-refractivity contribution is 6.42. The maximum absolute atomic E-state index is 13.0. The van der Waals surface area contributed by atoms with Gasteiger partial charge in [0.25, 0.3) is 5.91 Å². The lowest BCUT2D eigenvalue weighted by molar-refractivity contribution is -0.141. The number of hydrazine groups is 1. The first-order chi connectivity index (χ1) is 14.3. The molecule has 156 valence electrons. The predicted octanol–water partition coefficient (Wildman–Crippen LogP) is 5.75. The van der Waals surface area contributed by atoms with Gasteiger partial charge in [-0.15, -0.1) is 0 Å². The van der Waals surface area contributed by atoms with Crippen LogP contribution in [0.4, 0.5) is 13.2 Å². The van der Waals surface area contributed by atoms with E-state index in [4.69, 9.17) is 23.2 Å². The monoisotopic (exact) mass is 453 g/mol. The molecule has 1 amide bonds. The Morgan fingerprint density at radius 1 is 1.00 bits per heavy atom. The van der Waals surface area contributed by atoms with E-state index >= 15 is 0 Å². The molecule has 3 aromatic rings. The van der Waals surface area contributed by atoms with Crippen LogP contribution in [0.15, 0.2) is 66.9 Å². The molecule has 0 aliphatic heterocycles. The average molecular weight is 454 g/mol. The van der Waals surface area contributed by atoms with E-state index in [1.165, 1.54) is 11.1 Å². The molecule has 0 radical (unpaired) electrons. The minimum absolute atomic E-state index is 0.00293. The third kappa shape index (κ3) is 5.50. The molecule has 0 bridgehead atoms. The maximum Gasteiger partial charge on any atom is 0.433 e. The Labute approximate surface area is 181 Å². The van der Waals surface area contributed by atoms with Gasteiger partial charge in [-0.2, -0.15) is 13.2 Å². The summed E-state index contributed by atoms with van der Waals surface area (Å²) in [5.41, 5.74) is 3.51. The number of amides is 1. The van der Waals surface area contributed by atoms with Crippen LogP contribution in [0, 0.1) is 0 Å². The lowest BCUT2D eigenvalue weighted by Crippen LogP contribution is -2.42. The Hall–Kier alpha value is -2.61. The van der Waals surface area contributed by atoms with Crippen molar-refractivity contribution in [1.82, 2.24) is 15.4 Å². The van der Waals surface area contributed by atoms with Crippen LogP contribution in [0.1, 0.15) is 27.2 Å². The number of benzene rings is 2. The van der Waals surface area contributed by atoms with Gasteiger partial charge < -0.3 is 0 Å². The Balaban J connectivity index is 1.82. The highest BCUT2D eigenvalue weighted by Crippen LogP contribution is 2.28. The van der Waals surface area contributed by atoms with Gasteiger partial charge in [-0.25, -0.2) is 5.43 Å². The highest BCUT2D eigenvalue weighted by Gasteiger charge is 2.32. The van der Waals surface area contributed by atoms with E-state index in [1.807, 2.05) is 0 Å². The summed E-state index contributed by atoms with van der Waals surface area (Å²) in [6.07, 6.45) is -3.43. The molecule has 1 aromatic heterocycles. The molecule has 0 saturated carbocycles. The molecule has 0 atom stereocenters. The number of nitrogens with zero attached hydrogens (tertiary/aromatic N) is 2. The van der Waals surface area contributed by atoms with E-state index in [0.717, 1.165) is 12.3 Å². The summed E-state index contributed by atoms with van der Waals surface area (Å²) in [6.45, 7) is 0.184. The van der Waals surface area contributed by atoms with Crippen molar-refractivity contribution in [1.29, 1.82) is 0 Å². The minimum Gasteiger partial charge on any atom is -0.269 e. The van der Waals surface area contributed by atoms with Crippen molar-refractivity contribution < 1.29 is 18.0 Å². The van der Waals surface area contributed by atoms with E-state index in [9.17, 15) is 18.0 Å². The van der Waals surface area contributed by atoms with Gasteiger partial charge in [-0.3, -0.25) is 14.8 Å². The van der Waals surface area contributed by atoms with Crippen LogP contribution < -0.4 is 5.43 Å². The van der Waals surface area contributed by atoms with Crippen LogP contribution in [0.2, 0.25) is 10.0 Å². The van der Waals surface area contributed by atoms with E-state index in [0.29, 0.717) is 26.7 Å². The zero-order valence-electron chi connectivity index (χ0n) is 15.5. The third-order valence-electron chi connectivity index (χ3n) is 4.21. The van der Waals surface area contributed by atoms with E-state index in [1.54, 1.807) is 48.5 Å². The van der Waals surface area contributed by atoms with Crippen molar-refractivity contribution in [2.24, 2.45) is 0 Å². The molecule has 0 saturated heterocycles. The number of alkyl halides is 3. The number of halogens is 5. The molecular formula is C21H16Cl2F3N3O. The van der Waals surface area contributed by atoms with Gasteiger partial charge in [-0.05, 0) is 35.4 Å². The number of rotatable bonds is 6. The molecule has 2 aromatic carbocycles. The fourth-order valence-electron chi connectivity index (χ4n) is 2.67. The van der Waals surface area contributed by atoms with Gasteiger partial charge >= 0.3 is 6.18 Å². The first kappa shape index (κ1) is 22.1. The molecule has 3 rings (SSSR count). The summed E-state index contributed by atoms with van der Waals surface area (Å²) in [7, 11) is 0. The number of nitrogens with one attached hydrogen (secondary N) is 1. The molecule has 0 fully saturated rings. The lowest BCUT2D eigenvalue weighted by Gasteiger charge is -2.24. The van der Waals surface area contributed by atoms with Gasteiger partial charge in [0.15, 0.2) is 0 Å². The number of hydrogen-bond acceptors (Lipinski definition) is 3. The second-order valence-corrected chi connectivity index (χ2v) is 7.14. The van der Waals surface area contributed by atoms with E-state index < -0.39 is 11.9 Å². The summed E-state index contributed by atoms with van der Waals surface area (Å²) < 4.78 is 38.2. The number of aromatic nitrogens is 1. The SMILES string of the molecule is O=C(c1ccccc1)N(Cc1ccc(C(F)(F)F)nc1)NCc1cccc(Cl)c1Cl. The van der Waals surface area contributed by atoms with Crippen molar-refractivity contribution >= 4 is 29.1 Å². The molecule has 0 aliphatic carbocycles. The molecule has 4 nitrogen and oxygen atoms in total. The number of pyridine rings is 1. The van der Waals surface area contributed by atoms with Crippen molar-refractivity contribution in [2.75, 3.05) is 0 Å². The highest BCUT2D eigenvalue weighted by atomic mass is 35.5. The van der Waals surface area contributed by atoms with Crippen molar-refractivity contribution in [3.8, 4) is 0 Å². The normalized spacial score (nSPS) is 11.4. The Morgan fingerprint density at radius 2 is 1.73 bits per heavy atom. The first-order valence-electron chi connectivity index (χ1n) is 8.81. The van der Waals surface area contributed by atoms with Gasteiger partial charge in [-0.1, -0.05) is 59.6 Å². The fourth-order valence-corrected chi connectivity index (χ4v) is 3.06. The van der Waals surface area contributed by atoms with Gasteiger partial charge in [0.05, 0.1) is 16.6 Å². The number of carbonyl (C=O) groups is 1. The van der Waals surface area contributed by atoms with Crippen LogP contribution in [0.5, 0.6) is 0 Å². The molecule has 1 heterocycles. The van der Waals surface area contributed by atoms with Crippen LogP contribution in [-0.2, 0) is 19.3 Å². The number of carbonyl (C=O) groups excluding carboxylic acids is 1. The van der Waals surface area contributed by atoms with Crippen LogP contribution >= 0.6 is 23.2 Å². The van der Waals surface area contributed by atoms with E-state index in [-0.39, 0.29) is 19.0 Å². The van der Waals surface area contributed by atoms with Crippen molar-refractivity contribution in [3.05, 3.63) is 99.3 Å². The van der Waals surface area contributed by atoms with Crippen molar-refractivity contribution in [3.63, 3.8) is 0 Å². The molecule has 0 unspecified atom stereocenters. The molecule has 9 heteroatoms. The summed E-state index contributed by atoms with van der Waals surface area (Å²) in [4.78, 5) is 16.4. The van der Waals surface area contributed by atoms with E-state index in [2.05, 4.69) is 10.4 Å². The van der Waals surface area contributed by atoms with Gasteiger partial charge in [0.2, 0.25) is 0 Å². The van der Waals surface area contributed by atoms with Crippen molar-refractivity contribution in [2.45, 2.75) is 19.3 Å². The maximum atomic E-state index is 13.0. The summed E-state index contributed by atoms with van der Waals surface area (Å²) >= 11 is 12.2. The summed E-state index contributed by atoms with van der Waals surface area (Å²) in [6, 6.07) is 15.8. The topological polar surface area (TPSA) is 45.2 Å². The second kappa shape index (κ2) is 9.47.